The highest BCUT2D eigenvalue weighted by atomic mass is 16.3. The number of nitrogens with zero attached hydrogens (tertiary/aromatic N) is 2. The van der Waals surface area contributed by atoms with Crippen molar-refractivity contribution in [2.45, 2.75) is 0 Å². The maximum atomic E-state index is 12.5. The highest BCUT2D eigenvalue weighted by Crippen LogP contribution is 2.26. The molecule has 0 radical (unpaired) electrons. The topological polar surface area (TPSA) is 75.0 Å². The third-order valence-electron chi connectivity index (χ3n) is 3.43. The second kappa shape index (κ2) is 3.54. The quantitative estimate of drug-likeness (QED) is 0.474. The highest BCUT2D eigenvalue weighted by Gasteiger charge is 2.29. The molecular formula is C15H7N2O3-. The number of hydrogen-bond donors (Lipinski definition) is 0. The van der Waals surface area contributed by atoms with Crippen LogP contribution in [0.25, 0.3) is 16.6 Å². The Morgan fingerprint density at radius 3 is 2.70 bits per heavy atom. The molecule has 0 aliphatic carbocycles. The van der Waals surface area contributed by atoms with Crippen molar-refractivity contribution >= 4 is 16.7 Å². The van der Waals surface area contributed by atoms with Gasteiger partial charge >= 0.3 is 0 Å². The Balaban J connectivity index is 2.21. The number of ketones is 1. The van der Waals surface area contributed by atoms with Crippen LogP contribution >= 0.6 is 0 Å². The van der Waals surface area contributed by atoms with E-state index in [1.54, 1.807) is 24.3 Å². The standard InChI is InChI=1S/C15H8N2O3/c18-8-5-6-11-10(7-8)15(20)17-12-4-2-1-3-9(12)13(19)14(17)16-11/h1-7,18H/p-1. The molecule has 2 heterocycles. The summed E-state index contributed by atoms with van der Waals surface area (Å²) in [6.07, 6.45) is 0. The first-order valence-corrected chi connectivity index (χ1v) is 6.05. The molecule has 5 heteroatoms. The molecule has 2 aromatic carbocycles. The van der Waals surface area contributed by atoms with E-state index in [2.05, 4.69) is 4.98 Å². The molecule has 1 aromatic heterocycles. The zero-order valence-corrected chi connectivity index (χ0v) is 10.2. The van der Waals surface area contributed by atoms with E-state index in [1.807, 2.05) is 0 Å². The van der Waals surface area contributed by atoms with Crippen molar-refractivity contribution in [2.75, 3.05) is 0 Å². The lowest BCUT2D eigenvalue weighted by Gasteiger charge is -2.08. The lowest BCUT2D eigenvalue weighted by molar-refractivity contribution is -0.268. The summed E-state index contributed by atoms with van der Waals surface area (Å²) < 4.78 is 1.28. The molecule has 0 saturated heterocycles. The molecule has 0 amide bonds. The molecule has 0 bridgehead atoms. The predicted octanol–water partition coefficient (Wildman–Crippen LogP) is 1.00. The average Bonchev–Trinajstić information content (AvgIpc) is 2.74. The van der Waals surface area contributed by atoms with Gasteiger partial charge in [-0.25, -0.2) is 4.98 Å². The number of hydrogen-bond acceptors (Lipinski definition) is 4. The molecule has 3 aromatic rings. The first kappa shape index (κ1) is 10.9. The van der Waals surface area contributed by atoms with Crippen molar-refractivity contribution in [2.24, 2.45) is 0 Å². The van der Waals surface area contributed by atoms with Crippen LogP contribution in [0.15, 0.2) is 47.3 Å². The third-order valence-corrected chi connectivity index (χ3v) is 3.43. The van der Waals surface area contributed by atoms with Crippen LogP contribution in [-0.2, 0) is 0 Å². The number of carbonyl (C=O) groups excluding carboxylic acids is 1. The van der Waals surface area contributed by atoms with Crippen molar-refractivity contribution < 1.29 is 9.90 Å². The molecule has 0 unspecified atom stereocenters. The number of fused-ring (bicyclic) bond motifs is 4. The van der Waals surface area contributed by atoms with E-state index in [4.69, 9.17) is 0 Å². The molecule has 1 aliphatic heterocycles. The van der Waals surface area contributed by atoms with Crippen LogP contribution in [0.1, 0.15) is 16.2 Å². The zero-order valence-electron chi connectivity index (χ0n) is 10.2. The average molecular weight is 263 g/mol. The van der Waals surface area contributed by atoms with Gasteiger partial charge in [-0.2, -0.15) is 0 Å². The van der Waals surface area contributed by atoms with Gasteiger partial charge in [0.25, 0.3) is 5.56 Å². The molecule has 96 valence electrons. The van der Waals surface area contributed by atoms with Gasteiger partial charge in [0.15, 0.2) is 5.82 Å². The second-order valence-corrected chi connectivity index (χ2v) is 4.60. The van der Waals surface area contributed by atoms with E-state index in [0.29, 0.717) is 16.8 Å². The number of benzene rings is 2. The number of rotatable bonds is 0. The van der Waals surface area contributed by atoms with Gasteiger partial charge in [0.1, 0.15) is 0 Å². The lowest BCUT2D eigenvalue weighted by Crippen LogP contribution is -2.21. The molecule has 0 atom stereocenters. The Morgan fingerprint density at radius 1 is 1.05 bits per heavy atom. The van der Waals surface area contributed by atoms with Crippen LogP contribution in [0.2, 0.25) is 0 Å². The largest absolute Gasteiger partial charge is 0.872 e. The summed E-state index contributed by atoms with van der Waals surface area (Å²) in [5.74, 6) is -0.428. The molecule has 4 rings (SSSR count). The van der Waals surface area contributed by atoms with E-state index in [1.165, 1.54) is 22.8 Å². The summed E-state index contributed by atoms with van der Waals surface area (Å²) in [6.45, 7) is 0. The van der Waals surface area contributed by atoms with Crippen molar-refractivity contribution in [3.8, 4) is 11.4 Å². The molecule has 1 aliphatic rings. The maximum Gasteiger partial charge on any atom is 0.266 e. The Morgan fingerprint density at radius 2 is 1.85 bits per heavy atom. The molecule has 0 saturated carbocycles. The Bertz CT molecular complexity index is 957. The van der Waals surface area contributed by atoms with E-state index >= 15 is 0 Å². The van der Waals surface area contributed by atoms with E-state index in [-0.39, 0.29) is 28.3 Å². The lowest BCUT2D eigenvalue weighted by atomic mass is 10.1. The van der Waals surface area contributed by atoms with Gasteiger partial charge in [-0.05, 0) is 18.2 Å². The Labute approximate surface area is 112 Å². The highest BCUT2D eigenvalue weighted by molar-refractivity contribution is 6.13. The van der Waals surface area contributed by atoms with Crippen LogP contribution in [0.3, 0.4) is 0 Å². The molecule has 0 fully saturated rings. The molecule has 20 heavy (non-hydrogen) atoms. The van der Waals surface area contributed by atoms with Crippen molar-refractivity contribution in [1.29, 1.82) is 0 Å². The van der Waals surface area contributed by atoms with Gasteiger partial charge in [-0.15, -0.1) is 5.75 Å². The van der Waals surface area contributed by atoms with Crippen LogP contribution in [-0.4, -0.2) is 15.3 Å². The monoisotopic (exact) mass is 263 g/mol. The molecule has 5 nitrogen and oxygen atoms in total. The van der Waals surface area contributed by atoms with Crippen molar-refractivity contribution in [1.82, 2.24) is 9.55 Å². The third kappa shape index (κ3) is 1.23. The summed E-state index contributed by atoms with van der Waals surface area (Å²) >= 11 is 0. The van der Waals surface area contributed by atoms with Gasteiger partial charge in [0.05, 0.1) is 22.2 Å². The fourth-order valence-electron chi connectivity index (χ4n) is 2.52. The van der Waals surface area contributed by atoms with Crippen molar-refractivity contribution in [3.05, 3.63) is 64.2 Å². The first-order chi connectivity index (χ1) is 9.66. The SMILES string of the molecule is O=C1c2ccccc2-n2c1nc1ccc([O-])cc1c2=O. The minimum absolute atomic E-state index is 0.0994. The van der Waals surface area contributed by atoms with Crippen LogP contribution in [0.4, 0.5) is 0 Å². The molecular weight excluding hydrogens is 256 g/mol. The summed E-state index contributed by atoms with van der Waals surface area (Å²) in [5, 5.41) is 11.6. The zero-order chi connectivity index (χ0) is 13.9. The number of carbonyl (C=O) groups is 1. The fourth-order valence-corrected chi connectivity index (χ4v) is 2.52. The number of aromatic nitrogens is 2. The van der Waals surface area contributed by atoms with Gasteiger partial charge in [-0.3, -0.25) is 14.2 Å². The molecule has 0 N–H and O–H groups in total. The van der Waals surface area contributed by atoms with Gasteiger partial charge in [0.2, 0.25) is 5.78 Å². The van der Waals surface area contributed by atoms with E-state index in [9.17, 15) is 14.7 Å². The summed E-state index contributed by atoms with van der Waals surface area (Å²) in [6, 6.07) is 10.9. The summed E-state index contributed by atoms with van der Waals surface area (Å²) in [4.78, 5) is 29.0. The second-order valence-electron chi connectivity index (χ2n) is 4.60. The minimum atomic E-state index is -0.388. The molecule has 0 spiro atoms. The smallest absolute Gasteiger partial charge is 0.266 e. The van der Waals surface area contributed by atoms with Crippen molar-refractivity contribution in [3.63, 3.8) is 0 Å². The van der Waals surface area contributed by atoms with Crippen LogP contribution < -0.4 is 10.7 Å². The van der Waals surface area contributed by atoms with Crippen LogP contribution in [0, 0.1) is 0 Å². The Hall–Kier alpha value is -2.95. The number of para-hydroxylation sites is 1. The summed E-state index contributed by atoms with van der Waals surface area (Å²) in [7, 11) is 0. The van der Waals surface area contributed by atoms with Gasteiger partial charge in [0, 0.05) is 0 Å². The summed E-state index contributed by atoms with van der Waals surface area (Å²) in [5.41, 5.74) is 0.945. The minimum Gasteiger partial charge on any atom is -0.872 e. The van der Waals surface area contributed by atoms with Gasteiger partial charge < -0.3 is 5.11 Å². The normalized spacial score (nSPS) is 12.5. The van der Waals surface area contributed by atoms with Gasteiger partial charge in [-0.1, -0.05) is 24.3 Å². The van der Waals surface area contributed by atoms with E-state index in [0.717, 1.165) is 0 Å². The Kier molecular flexibility index (Phi) is 1.93. The van der Waals surface area contributed by atoms with Crippen LogP contribution in [0.5, 0.6) is 5.75 Å². The first-order valence-electron chi connectivity index (χ1n) is 6.05. The fraction of sp³-hybridized carbons (Fsp3) is 0. The van der Waals surface area contributed by atoms with E-state index < -0.39 is 0 Å². The maximum absolute atomic E-state index is 12.5. The predicted molar refractivity (Wildman–Crippen MR) is 70.2 cm³/mol.